The van der Waals surface area contributed by atoms with Crippen molar-refractivity contribution in [3.63, 3.8) is 0 Å². The molecule has 1 aromatic carbocycles. The number of hydrogen-bond donors (Lipinski definition) is 2. The Balaban J connectivity index is 1.75. The summed E-state index contributed by atoms with van der Waals surface area (Å²) in [6, 6.07) is 12.1. The highest BCUT2D eigenvalue weighted by Gasteiger charge is 2.16. The molecule has 0 radical (unpaired) electrons. The van der Waals surface area contributed by atoms with Gasteiger partial charge in [0, 0.05) is 6.20 Å². The fourth-order valence-electron chi connectivity index (χ4n) is 2.22. The van der Waals surface area contributed by atoms with Gasteiger partial charge in [-0.2, -0.15) is 0 Å². The average Bonchev–Trinajstić information content (AvgIpc) is 2.96. The quantitative estimate of drug-likeness (QED) is 0.703. The van der Waals surface area contributed by atoms with Gasteiger partial charge in [-0.3, -0.25) is 14.6 Å². The van der Waals surface area contributed by atoms with Crippen LogP contribution in [0.25, 0.3) is 0 Å². The molecule has 2 aromatic heterocycles. The first-order chi connectivity index (χ1) is 12.0. The van der Waals surface area contributed by atoms with Gasteiger partial charge < -0.3 is 10.6 Å². The molecular formula is C18H14ClN3O2S. The number of amides is 2. The Morgan fingerprint density at radius 3 is 2.60 bits per heavy atom. The number of rotatable bonds is 4. The molecule has 25 heavy (non-hydrogen) atoms. The van der Waals surface area contributed by atoms with Crippen LogP contribution in [0.15, 0.2) is 54.9 Å². The standard InChI is InChI=1S/C18H14ClN3O2S/c1-11-9-15(22-17(23)13-6-2-3-7-14(13)19)25-16(11)18(24)21-12-5-4-8-20-10-12/h2-10H,1H3,(H,21,24)(H,22,23). The highest BCUT2D eigenvalue weighted by molar-refractivity contribution is 7.18. The number of halogens is 1. The monoisotopic (exact) mass is 371 g/mol. The summed E-state index contributed by atoms with van der Waals surface area (Å²) >= 11 is 7.24. The average molecular weight is 372 g/mol. The first kappa shape index (κ1) is 17.1. The minimum atomic E-state index is -0.314. The SMILES string of the molecule is Cc1cc(NC(=O)c2ccccc2Cl)sc1C(=O)Nc1cccnc1. The summed E-state index contributed by atoms with van der Waals surface area (Å²) in [6.45, 7) is 1.82. The molecule has 7 heteroatoms. The van der Waals surface area contributed by atoms with Crippen LogP contribution in [-0.4, -0.2) is 16.8 Å². The van der Waals surface area contributed by atoms with Crippen LogP contribution in [0.1, 0.15) is 25.6 Å². The van der Waals surface area contributed by atoms with E-state index in [0.29, 0.717) is 26.2 Å². The highest BCUT2D eigenvalue weighted by Crippen LogP contribution is 2.28. The van der Waals surface area contributed by atoms with E-state index in [0.717, 1.165) is 5.56 Å². The third-order valence-electron chi connectivity index (χ3n) is 3.40. The largest absolute Gasteiger partial charge is 0.320 e. The molecule has 0 atom stereocenters. The molecule has 0 saturated heterocycles. The van der Waals surface area contributed by atoms with Gasteiger partial charge in [-0.15, -0.1) is 11.3 Å². The molecular weight excluding hydrogens is 358 g/mol. The fraction of sp³-hybridized carbons (Fsp3) is 0.0556. The lowest BCUT2D eigenvalue weighted by Crippen LogP contribution is -2.12. The summed E-state index contributed by atoms with van der Waals surface area (Å²) in [5.41, 5.74) is 1.78. The zero-order valence-electron chi connectivity index (χ0n) is 13.2. The topological polar surface area (TPSA) is 71.1 Å². The third kappa shape index (κ3) is 4.04. The van der Waals surface area contributed by atoms with Crippen LogP contribution in [0, 0.1) is 6.92 Å². The Hall–Kier alpha value is -2.70. The van der Waals surface area contributed by atoms with Gasteiger partial charge in [0.2, 0.25) is 0 Å². The van der Waals surface area contributed by atoms with E-state index in [4.69, 9.17) is 11.6 Å². The molecule has 126 valence electrons. The number of pyridine rings is 1. The summed E-state index contributed by atoms with van der Waals surface area (Å²) in [5, 5.41) is 6.52. The number of aryl methyl sites for hydroxylation is 1. The first-order valence-electron chi connectivity index (χ1n) is 7.42. The summed E-state index contributed by atoms with van der Waals surface area (Å²) in [4.78, 5) is 29.2. The first-order valence-corrected chi connectivity index (χ1v) is 8.62. The molecule has 2 N–H and O–H groups in total. The van der Waals surface area contributed by atoms with Crippen molar-refractivity contribution in [3.05, 3.63) is 75.9 Å². The van der Waals surface area contributed by atoms with Crippen molar-refractivity contribution in [2.75, 3.05) is 10.6 Å². The van der Waals surface area contributed by atoms with Crippen molar-refractivity contribution >= 4 is 45.4 Å². The van der Waals surface area contributed by atoms with Gasteiger partial charge in [0.15, 0.2) is 0 Å². The predicted molar refractivity (Wildman–Crippen MR) is 101 cm³/mol. The number of anilines is 2. The molecule has 0 fully saturated rings. The van der Waals surface area contributed by atoms with Gasteiger partial charge in [-0.25, -0.2) is 0 Å². The summed E-state index contributed by atoms with van der Waals surface area (Å²) in [5.74, 6) is -0.556. The molecule has 0 aliphatic rings. The van der Waals surface area contributed by atoms with Gasteiger partial charge in [0.1, 0.15) is 0 Å². The van der Waals surface area contributed by atoms with Crippen molar-refractivity contribution in [1.82, 2.24) is 4.98 Å². The Morgan fingerprint density at radius 2 is 1.88 bits per heavy atom. The number of carbonyl (C=O) groups excluding carboxylic acids is 2. The molecule has 5 nitrogen and oxygen atoms in total. The van der Waals surface area contributed by atoms with Crippen LogP contribution in [0.5, 0.6) is 0 Å². The van der Waals surface area contributed by atoms with Crippen molar-refractivity contribution < 1.29 is 9.59 Å². The van der Waals surface area contributed by atoms with E-state index < -0.39 is 0 Å². The second-order valence-electron chi connectivity index (χ2n) is 5.25. The number of nitrogens with one attached hydrogen (secondary N) is 2. The zero-order chi connectivity index (χ0) is 17.8. The molecule has 3 aromatic rings. The minimum Gasteiger partial charge on any atom is -0.320 e. The van der Waals surface area contributed by atoms with Crippen molar-refractivity contribution in [1.29, 1.82) is 0 Å². The van der Waals surface area contributed by atoms with Crippen molar-refractivity contribution in [3.8, 4) is 0 Å². The van der Waals surface area contributed by atoms with E-state index in [-0.39, 0.29) is 11.8 Å². The van der Waals surface area contributed by atoms with Gasteiger partial charge >= 0.3 is 0 Å². The van der Waals surface area contributed by atoms with E-state index in [2.05, 4.69) is 15.6 Å². The Kier molecular flexibility index (Phi) is 5.11. The molecule has 0 unspecified atom stereocenters. The van der Waals surface area contributed by atoms with Crippen LogP contribution in [0.2, 0.25) is 5.02 Å². The molecule has 2 heterocycles. The number of thiophene rings is 1. The van der Waals surface area contributed by atoms with Crippen LogP contribution < -0.4 is 10.6 Å². The van der Waals surface area contributed by atoms with E-state index >= 15 is 0 Å². The Morgan fingerprint density at radius 1 is 1.08 bits per heavy atom. The lowest BCUT2D eigenvalue weighted by atomic mass is 10.2. The van der Waals surface area contributed by atoms with Crippen LogP contribution in [0.4, 0.5) is 10.7 Å². The second-order valence-corrected chi connectivity index (χ2v) is 6.71. The fourth-order valence-corrected chi connectivity index (χ4v) is 3.40. The summed E-state index contributed by atoms with van der Waals surface area (Å²) < 4.78 is 0. The van der Waals surface area contributed by atoms with Gasteiger partial charge in [0.25, 0.3) is 11.8 Å². The molecule has 0 bridgehead atoms. The van der Waals surface area contributed by atoms with Crippen LogP contribution in [0.3, 0.4) is 0 Å². The van der Waals surface area contributed by atoms with Crippen LogP contribution in [-0.2, 0) is 0 Å². The van der Waals surface area contributed by atoms with Gasteiger partial charge in [-0.1, -0.05) is 23.7 Å². The number of nitrogens with zero attached hydrogens (tertiary/aromatic N) is 1. The number of hydrogen-bond acceptors (Lipinski definition) is 4. The molecule has 2 amide bonds. The highest BCUT2D eigenvalue weighted by atomic mass is 35.5. The lowest BCUT2D eigenvalue weighted by molar-refractivity contribution is 0.102. The summed E-state index contributed by atoms with van der Waals surface area (Å²) in [6.07, 6.45) is 3.20. The summed E-state index contributed by atoms with van der Waals surface area (Å²) in [7, 11) is 0. The normalized spacial score (nSPS) is 10.3. The minimum absolute atomic E-state index is 0.242. The van der Waals surface area contributed by atoms with Crippen LogP contribution >= 0.6 is 22.9 Å². The van der Waals surface area contributed by atoms with Crippen molar-refractivity contribution in [2.45, 2.75) is 6.92 Å². The molecule has 0 aliphatic carbocycles. The Labute approximate surface area is 153 Å². The number of aromatic nitrogens is 1. The van der Waals surface area contributed by atoms with Gasteiger partial charge in [-0.05, 0) is 42.8 Å². The maximum Gasteiger partial charge on any atom is 0.266 e. The molecule has 0 saturated carbocycles. The van der Waals surface area contributed by atoms with E-state index in [1.54, 1.807) is 54.9 Å². The number of benzene rings is 1. The van der Waals surface area contributed by atoms with E-state index in [1.165, 1.54) is 11.3 Å². The molecule has 0 spiro atoms. The predicted octanol–water partition coefficient (Wildman–Crippen LogP) is 4.61. The lowest BCUT2D eigenvalue weighted by Gasteiger charge is -2.04. The molecule has 0 aliphatic heterocycles. The maximum atomic E-state index is 12.4. The molecule has 3 rings (SSSR count). The van der Waals surface area contributed by atoms with E-state index in [9.17, 15) is 9.59 Å². The smallest absolute Gasteiger partial charge is 0.266 e. The number of carbonyl (C=O) groups is 2. The zero-order valence-corrected chi connectivity index (χ0v) is 14.8. The third-order valence-corrected chi connectivity index (χ3v) is 4.88. The van der Waals surface area contributed by atoms with Gasteiger partial charge in [0.05, 0.1) is 32.3 Å². The maximum absolute atomic E-state index is 12.4. The second kappa shape index (κ2) is 7.46. The van der Waals surface area contributed by atoms with E-state index in [1.807, 2.05) is 6.92 Å². The van der Waals surface area contributed by atoms with Crippen molar-refractivity contribution in [2.24, 2.45) is 0 Å². The Bertz CT molecular complexity index is 925.